The smallest absolute Gasteiger partial charge is 0.212 e. The highest BCUT2D eigenvalue weighted by molar-refractivity contribution is 6.27. The molecule has 0 aromatic rings. The average molecular weight is 198 g/mol. The van der Waals surface area contributed by atoms with E-state index in [4.69, 9.17) is 0 Å². The van der Waals surface area contributed by atoms with Crippen LogP contribution in [0, 0.1) is 0 Å². The third kappa shape index (κ3) is 2.39. The van der Waals surface area contributed by atoms with Crippen LogP contribution in [-0.4, -0.2) is 54.2 Å². The van der Waals surface area contributed by atoms with Gasteiger partial charge in [0.25, 0.3) is 0 Å². The minimum absolute atomic E-state index is 0.180. The Bertz CT molecular complexity index is 218. The lowest BCUT2D eigenvalue weighted by atomic mass is 10.1. The SMILES string of the molecule is CCN1CCC(C(=O)C=O)N(CC)C1. The molecule has 80 valence electrons. The summed E-state index contributed by atoms with van der Waals surface area (Å²) < 4.78 is 0. The fourth-order valence-electron chi connectivity index (χ4n) is 1.89. The molecule has 1 heterocycles. The summed E-state index contributed by atoms with van der Waals surface area (Å²) in [4.78, 5) is 26.1. The maximum Gasteiger partial charge on any atom is 0.212 e. The van der Waals surface area contributed by atoms with Gasteiger partial charge >= 0.3 is 0 Å². The fraction of sp³-hybridized carbons (Fsp3) is 0.800. The molecule has 0 spiro atoms. The molecule has 0 saturated carbocycles. The molecule has 0 aromatic carbocycles. The molecular formula is C10H18N2O2. The summed E-state index contributed by atoms with van der Waals surface area (Å²) >= 11 is 0. The largest absolute Gasteiger partial charge is 0.295 e. The van der Waals surface area contributed by atoms with Crippen LogP contribution in [0.5, 0.6) is 0 Å². The molecule has 0 aliphatic carbocycles. The van der Waals surface area contributed by atoms with Crippen LogP contribution in [0.25, 0.3) is 0 Å². The van der Waals surface area contributed by atoms with Gasteiger partial charge in [-0.1, -0.05) is 13.8 Å². The summed E-state index contributed by atoms with van der Waals surface area (Å²) in [7, 11) is 0. The number of carbonyl (C=O) groups excluding carboxylic acids is 2. The summed E-state index contributed by atoms with van der Waals surface area (Å²) in [5, 5.41) is 0. The molecule has 14 heavy (non-hydrogen) atoms. The first kappa shape index (κ1) is 11.3. The van der Waals surface area contributed by atoms with E-state index in [-0.39, 0.29) is 11.8 Å². The van der Waals surface area contributed by atoms with E-state index >= 15 is 0 Å². The molecule has 4 nitrogen and oxygen atoms in total. The maximum atomic E-state index is 11.3. The highest BCUT2D eigenvalue weighted by Crippen LogP contribution is 2.13. The molecule has 0 amide bonds. The second-order valence-corrected chi connectivity index (χ2v) is 3.58. The van der Waals surface area contributed by atoms with Crippen molar-refractivity contribution in [3.05, 3.63) is 0 Å². The van der Waals surface area contributed by atoms with Gasteiger partial charge in [-0.2, -0.15) is 0 Å². The van der Waals surface area contributed by atoms with Crippen molar-refractivity contribution in [3.63, 3.8) is 0 Å². The van der Waals surface area contributed by atoms with Crippen LogP contribution < -0.4 is 0 Å². The van der Waals surface area contributed by atoms with E-state index in [9.17, 15) is 9.59 Å². The van der Waals surface area contributed by atoms with E-state index in [2.05, 4.69) is 16.7 Å². The van der Waals surface area contributed by atoms with Gasteiger partial charge in [-0.05, 0) is 19.5 Å². The molecule has 1 rings (SSSR count). The van der Waals surface area contributed by atoms with Gasteiger partial charge in [0, 0.05) is 6.54 Å². The monoisotopic (exact) mass is 198 g/mol. The van der Waals surface area contributed by atoms with Crippen molar-refractivity contribution >= 4 is 12.1 Å². The van der Waals surface area contributed by atoms with Gasteiger partial charge in [-0.15, -0.1) is 0 Å². The standard InChI is InChI=1S/C10H18N2O2/c1-3-11-6-5-9(10(14)7-13)12(4-2)8-11/h7,9H,3-6,8H2,1-2H3. The Hall–Kier alpha value is -0.740. The number of likely N-dealkylation sites (N-methyl/N-ethyl adjacent to an activating group) is 1. The van der Waals surface area contributed by atoms with Crippen LogP contribution in [0.3, 0.4) is 0 Å². The zero-order valence-corrected chi connectivity index (χ0v) is 8.90. The first-order valence-electron chi connectivity index (χ1n) is 5.18. The number of Topliss-reactive ketones (excluding diaryl/α,β-unsaturated/α-hetero) is 1. The second-order valence-electron chi connectivity index (χ2n) is 3.58. The van der Waals surface area contributed by atoms with Gasteiger partial charge in [-0.3, -0.25) is 19.4 Å². The van der Waals surface area contributed by atoms with Crippen LogP contribution in [0.1, 0.15) is 20.3 Å². The van der Waals surface area contributed by atoms with Crippen LogP contribution in [0.15, 0.2) is 0 Å². The minimum Gasteiger partial charge on any atom is -0.295 e. The molecule has 1 aliphatic rings. The quantitative estimate of drug-likeness (QED) is 0.475. The lowest BCUT2D eigenvalue weighted by Gasteiger charge is -2.39. The molecule has 1 fully saturated rings. The van der Waals surface area contributed by atoms with Crippen LogP contribution in [0.2, 0.25) is 0 Å². The number of aldehydes is 1. The maximum absolute atomic E-state index is 11.3. The molecule has 1 saturated heterocycles. The molecule has 1 atom stereocenters. The summed E-state index contributed by atoms with van der Waals surface area (Å²) in [5.41, 5.74) is 0. The third-order valence-electron chi connectivity index (χ3n) is 2.84. The Kier molecular flexibility index (Phi) is 4.22. The zero-order valence-electron chi connectivity index (χ0n) is 8.90. The number of nitrogens with zero attached hydrogens (tertiary/aromatic N) is 2. The Labute approximate surface area is 84.9 Å². The van der Waals surface area contributed by atoms with Crippen molar-refractivity contribution in [2.75, 3.05) is 26.3 Å². The second kappa shape index (κ2) is 5.22. The van der Waals surface area contributed by atoms with Gasteiger partial charge in [-0.25, -0.2) is 0 Å². The van der Waals surface area contributed by atoms with E-state index in [0.717, 1.165) is 32.7 Å². The minimum atomic E-state index is -0.275. The highest BCUT2D eigenvalue weighted by atomic mass is 16.2. The molecule has 1 unspecified atom stereocenters. The van der Waals surface area contributed by atoms with E-state index in [0.29, 0.717) is 6.29 Å². The molecule has 4 heteroatoms. The molecule has 0 aromatic heterocycles. The van der Waals surface area contributed by atoms with Crippen molar-refractivity contribution in [2.45, 2.75) is 26.3 Å². The van der Waals surface area contributed by atoms with E-state index in [1.807, 2.05) is 6.92 Å². The van der Waals surface area contributed by atoms with Gasteiger partial charge in [0.1, 0.15) is 0 Å². The number of rotatable bonds is 4. The van der Waals surface area contributed by atoms with Crippen molar-refractivity contribution in [2.24, 2.45) is 0 Å². The Morgan fingerprint density at radius 3 is 2.64 bits per heavy atom. The van der Waals surface area contributed by atoms with Crippen molar-refractivity contribution < 1.29 is 9.59 Å². The van der Waals surface area contributed by atoms with E-state index in [1.54, 1.807) is 0 Å². The number of carbonyl (C=O) groups is 2. The van der Waals surface area contributed by atoms with Crippen molar-refractivity contribution in [3.8, 4) is 0 Å². The summed E-state index contributed by atoms with van der Waals surface area (Å²) in [6.45, 7) is 7.66. The lowest BCUT2D eigenvalue weighted by Crippen LogP contribution is -2.53. The van der Waals surface area contributed by atoms with Gasteiger partial charge < -0.3 is 0 Å². The van der Waals surface area contributed by atoms with Gasteiger partial charge in [0.2, 0.25) is 5.78 Å². The Morgan fingerprint density at radius 2 is 2.14 bits per heavy atom. The zero-order chi connectivity index (χ0) is 10.6. The molecule has 0 bridgehead atoms. The summed E-state index contributed by atoms with van der Waals surface area (Å²) in [6.07, 6.45) is 1.23. The topological polar surface area (TPSA) is 40.6 Å². The predicted octanol–water partition coefficient (Wildman–Crippen LogP) is 0.128. The van der Waals surface area contributed by atoms with Crippen LogP contribution in [0.4, 0.5) is 0 Å². The van der Waals surface area contributed by atoms with E-state index in [1.165, 1.54) is 0 Å². The van der Waals surface area contributed by atoms with Crippen LogP contribution in [-0.2, 0) is 9.59 Å². The van der Waals surface area contributed by atoms with Crippen LogP contribution >= 0.6 is 0 Å². The number of ketones is 1. The number of hydrogen-bond acceptors (Lipinski definition) is 4. The fourth-order valence-corrected chi connectivity index (χ4v) is 1.89. The number of hydrogen-bond donors (Lipinski definition) is 0. The van der Waals surface area contributed by atoms with Gasteiger partial charge in [0.05, 0.1) is 12.7 Å². The summed E-state index contributed by atoms with van der Waals surface area (Å²) in [6, 6.07) is -0.180. The predicted molar refractivity (Wildman–Crippen MR) is 54.0 cm³/mol. The Balaban J connectivity index is 2.60. The molecule has 0 N–H and O–H groups in total. The van der Waals surface area contributed by atoms with E-state index < -0.39 is 0 Å². The third-order valence-corrected chi connectivity index (χ3v) is 2.84. The lowest BCUT2D eigenvalue weighted by molar-refractivity contribution is -0.135. The van der Waals surface area contributed by atoms with Crippen molar-refractivity contribution in [1.29, 1.82) is 0 Å². The average Bonchev–Trinajstić information content (AvgIpc) is 2.27. The van der Waals surface area contributed by atoms with Crippen molar-refractivity contribution in [1.82, 2.24) is 9.80 Å². The normalized spacial score (nSPS) is 24.9. The Morgan fingerprint density at radius 1 is 1.43 bits per heavy atom. The molecule has 0 radical (unpaired) electrons. The molecular weight excluding hydrogens is 180 g/mol. The molecule has 1 aliphatic heterocycles. The highest BCUT2D eigenvalue weighted by Gasteiger charge is 2.29. The first-order valence-corrected chi connectivity index (χ1v) is 5.18. The van der Waals surface area contributed by atoms with Gasteiger partial charge in [0.15, 0.2) is 6.29 Å². The summed E-state index contributed by atoms with van der Waals surface area (Å²) in [5.74, 6) is -0.275. The first-order chi connectivity index (χ1) is 6.72.